The molecule has 3 amide bonds. The molecule has 14 heteroatoms. The summed E-state index contributed by atoms with van der Waals surface area (Å²) in [6.07, 6.45) is -2.27. The Kier molecular flexibility index (Phi) is 7.51. The molecule has 0 saturated heterocycles. The first-order valence-corrected chi connectivity index (χ1v) is 9.98. The molecule has 1 heterocycles. The fourth-order valence-corrected chi connectivity index (χ4v) is 2.88. The van der Waals surface area contributed by atoms with Crippen LogP contribution in [0.4, 0.5) is 28.0 Å². The smallest absolute Gasteiger partial charge is 0.325 e. The molecule has 2 rings (SSSR count). The van der Waals surface area contributed by atoms with E-state index in [1.807, 2.05) is 0 Å². The molecule has 0 unspecified atom stereocenters. The number of anilines is 1. The van der Waals surface area contributed by atoms with Gasteiger partial charge < -0.3 is 10.2 Å². The van der Waals surface area contributed by atoms with Crippen LogP contribution in [0.15, 0.2) is 36.5 Å². The maximum atomic E-state index is 13.5. The number of halogens is 4. The van der Waals surface area contributed by atoms with Gasteiger partial charge in [-0.1, -0.05) is 0 Å². The van der Waals surface area contributed by atoms with Crippen molar-refractivity contribution in [3.05, 3.63) is 59.4 Å². The minimum absolute atomic E-state index is 0.0219. The maximum Gasteiger partial charge on any atom is 0.330 e. The predicted molar refractivity (Wildman–Crippen MR) is 101 cm³/mol. The number of alkyl halides is 2. The number of hydrogen-bond donors (Lipinski definition) is 3. The van der Waals surface area contributed by atoms with Crippen LogP contribution in [-0.2, 0) is 21.4 Å². The standard InChI is InChI=1S/C17H17F4N5O4S/c1-26(12-2-3-13(15(20)21)23-8-12)16(27)14(24-17(28)25-31(22,29)30)6-9-4-10(18)7-11(19)5-9/h2-5,7-8,14-15H,6H2,1H3,(H2,22,29,30)(H2,24,25,28)/t14-/m0/s1. The molecule has 31 heavy (non-hydrogen) atoms. The van der Waals surface area contributed by atoms with Crippen molar-refractivity contribution in [1.29, 1.82) is 0 Å². The second-order valence-corrected chi connectivity index (χ2v) is 7.59. The van der Waals surface area contributed by atoms with Crippen LogP contribution in [0.3, 0.4) is 0 Å². The zero-order chi connectivity index (χ0) is 23.3. The van der Waals surface area contributed by atoms with Gasteiger partial charge in [-0.25, -0.2) is 32.2 Å². The molecular weight excluding hydrogens is 446 g/mol. The van der Waals surface area contributed by atoms with Gasteiger partial charge in [0.1, 0.15) is 23.4 Å². The lowest BCUT2D eigenvalue weighted by molar-refractivity contribution is -0.120. The molecule has 0 bridgehead atoms. The number of pyridine rings is 1. The SMILES string of the molecule is CN(C(=O)[C@H](Cc1cc(F)cc(F)c1)NC(=O)NS(N)(=O)=O)c1ccc(C(F)F)nc1. The third-order valence-corrected chi connectivity index (χ3v) is 4.38. The summed E-state index contributed by atoms with van der Waals surface area (Å²) in [4.78, 5) is 29.2. The summed E-state index contributed by atoms with van der Waals surface area (Å²) in [5.74, 6) is -2.73. The lowest BCUT2D eigenvalue weighted by atomic mass is 10.0. The van der Waals surface area contributed by atoms with Gasteiger partial charge in [-0.2, -0.15) is 8.42 Å². The summed E-state index contributed by atoms with van der Waals surface area (Å²) in [5.41, 5.74) is -0.480. The van der Waals surface area contributed by atoms with Gasteiger partial charge in [-0.15, -0.1) is 0 Å². The molecule has 168 valence electrons. The number of aromatic nitrogens is 1. The molecule has 0 fully saturated rings. The third kappa shape index (κ3) is 7.18. The van der Waals surface area contributed by atoms with E-state index in [-0.39, 0.29) is 11.3 Å². The molecule has 2 aromatic rings. The first kappa shape index (κ1) is 24.0. The average molecular weight is 463 g/mol. The summed E-state index contributed by atoms with van der Waals surface area (Å²) in [6.45, 7) is 0. The Hall–Kier alpha value is -3.26. The summed E-state index contributed by atoms with van der Waals surface area (Å²) in [6, 6.07) is 1.73. The van der Waals surface area contributed by atoms with Crippen molar-refractivity contribution >= 4 is 27.8 Å². The average Bonchev–Trinajstić information content (AvgIpc) is 2.64. The number of nitrogens with one attached hydrogen (secondary N) is 2. The minimum Gasteiger partial charge on any atom is -0.325 e. The number of likely N-dealkylation sites (N-methyl/N-ethyl adjacent to an activating group) is 1. The predicted octanol–water partition coefficient (Wildman–Crippen LogP) is 1.37. The van der Waals surface area contributed by atoms with Crippen LogP contribution >= 0.6 is 0 Å². The van der Waals surface area contributed by atoms with Crippen LogP contribution in [-0.4, -0.2) is 38.4 Å². The Morgan fingerprint density at radius 1 is 1.16 bits per heavy atom. The van der Waals surface area contributed by atoms with Crippen molar-refractivity contribution in [2.24, 2.45) is 5.14 Å². The molecule has 0 saturated carbocycles. The van der Waals surface area contributed by atoms with E-state index in [4.69, 9.17) is 5.14 Å². The number of hydrogen-bond acceptors (Lipinski definition) is 5. The highest BCUT2D eigenvalue weighted by Crippen LogP contribution is 2.20. The largest absolute Gasteiger partial charge is 0.330 e. The molecule has 0 aliphatic carbocycles. The van der Waals surface area contributed by atoms with Crippen LogP contribution in [0, 0.1) is 11.6 Å². The fraction of sp³-hybridized carbons (Fsp3) is 0.235. The highest BCUT2D eigenvalue weighted by molar-refractivity contribution is 7.87. The van der Waals surface area contributed by atoms with Crippen LogP contribution in [0.5, 0.6) is 0 Å². The van der Waals surface area contributed by atoms with Crippen LogP contribution in [0.1, 0.15) is 17.7 Å². The van der Waals surface area contributed by atoms with Crippen molar-refractivity contribution < 1.29 is 35.6 Å². The second-order valence-electron chi connectivity index (χ2n) is 6.29. The Bertz CT molecular complexity index is 1050. The molecule has 0 spiro atoms. The molecule has 1 aromatic carbocycles. The zero-order valence-electron chi connectivity index (χ0n) is 15.9. The molecule has 1 atom stereocenters. The van der Waals surface area contributed by atoms with E-state index in [0.717, 1.165) is 29.3 Å². The van der Waals surface area contributed by atoms with Gasteiger partial charge in [0.05, 0.1) is 11.9 Å². The Morgan fingerprint density at radius 2 is 1.77 bits per heavy atom. The number of nitrogens with two attached hydrogens (primary N) is 1. The number of carbonyl (C=O) groups excluding carboxylic acids is 2. The molecule has 1 aromatic heterocycles. The van der Waals surface area contributed by atoms with Gasteiger partial charge in [0, 0.05) is 19.5 Å². The third-order valence-electron chi connectivity index (χ3n) is 3.91. The van der Waals surface area contributed by atoms with Gasteiger partial charge in [-0.05, 0) is 29.8 Å². The van der Waals surface area contributed by atoms with Crippen molar-refractivity contribution in [2.45, 2.75) is 18.9 Å². The van der Waals surface area contributed by atoms with Crippen molar-refractivity contribution in [3.8, 4) is 0 Å². The van der Waals surface area contributed by atoms with E-state index in [1.54, 1.807) is 0 Å². The highest BCUT2D eigenvalue weighted by Gasteiger charge is 2.27. The number of carbonyl (C=O) groups is 2. The van der Waals surface area contributed by atoms with Gasteiger partial charge >= 0.3 is 6.03 Å². The Labute approximate surface area is 174 Å². The fourth-order valence-electron chi connectivity index (χ4n) is 2.57. The van der Waals surface area contributed by atoms with Crippen molar-refractivity contribution in [3.63, 3.8) is 0 Å². The summed E-state index contributed by atoms with van der Waals surface area (Å²) in [5, 5.41) is 6.76. The van der Waals surface area contributed by atoms with Gasteiger partial charge in [0.2, 0.25) is 5.91 Å². The summed E-state index contributed by atoms with van der Waals surface area (Å²) < 4.78 is 75.7. The van der Waals surface area contributed by atoms with Gasteiger partial charge in [0.15, 0.2) is 0 Å². The van der Waals surface area contributed by atoms with E-state index >= 15 is 0 Å². The summed E-state index contributed by atoms with van der Waals surface area (Å²) in [7, 11) is -3.22. The number of rotatable bonds is 7. The molecule has 9 nitrogen and oxygen atoms in total. The van der Waals surface area contributed by atoms with E-state index in [2.05, 4.69) is 10.3 Å². The molecular formula is C17H17F4N5O4S. The lowest BCUT2D eigenvalue weighted by Crippen LogP contribution is -2.53. The molecule has 4 N–H and O–H groups in total. The zero-order valence-corrected chi connectivity index (χ0v) is 16.7. The first-order valence-electron chi connectivity index (χ1n) is 8.43. The Balaban J connectivity index is 2.30. The number of benzene rings is 1. The molecule has 0 aliphatic rings. The second kappa shape index (κ2) is 9.70. The monoisotopic (exact) mass is 463 g/mol. The normalized spacial score (nSPS) is 12.4. The van der Waals surface area contributed by atoms with E-state index in [0.29, 0.717) is 6.07 Å². The van der Waals surface area contributed by atoms with Crippen molar-refractivity contribution in [1.82, 2.24) is 15.0 Å². The summed E-state index contributed by atoms with van der Waals surface area (Å²) >= 11 is 0. The minimum atomic E-state index is -4.45. The molecule has 0 radical (unpaired) electrons. The van der Waals surface area contributed by atoms with Gasteiger partial charge in [-0.3, -0.25) is 9.78 Å². The first-order chi connectivity index (χ1) is 14.4. The van der Waals surface area contributed by atoms with Crippen LogP contribution in [0.25, 0.3) is 0 Å². The topological polar surface area (TPSA) is 134 Å². The van der Waals surface area contributed by atoms with Crippen molar-refractivity contribution in [2.75, 3.05) is 11.9 Å². The van der Waals surface area contributed by atoms with E-state index < -0.39 is 58.4 Å². The number of amides is 3. The molecule has 0 aliphatic heterocycles. The van der Waals surface area contributed by atoms with E-state index in [9.17, 15) is 35.6 Å². The van der Waals surface area contributed by atoms with Crippen LogP contribution in [0.2, 0.25) is 0 Å². The van der Waals surface area contributed by atoms with Gasteiger partial charge in [0.25, 0.3) is 16.6 Å². The number of urea groups is 1. The lowest BCUT2D eigenvalue weighted by Gasteiger charge is -2.25. The maximum absolute atomic E-state index is 13.5. The quantitative estimate of drug-likeness (QED) is 0.534. The highest BCUT2D eigenvalue weighted by atomic mass is 32.2. The van der Waals surface area contributed by atoms with Crippen LogP contribution < -0.4 is 20.1 Å². The van der Waals surface area contributed by atoms with E-state index in [1.165, 1.54) is 17.8 Å². The Morgan fingerprint density at radius 3 is 2.26 bits per heavy atom. The number of nitrogens with zero attached hydrogens (tertiary/aromatic N) is 2.